The van der Waals surface area contributed by atoms with Crippen LogP contribution in [0.15, 0.2) is 18.2 Å². The molecule has 0 spiro atoms. The standard InChI is InChI=1S/C18H29NS/c1-4-19-17(13-20-18-7-5-6-8-18)12-16-10-9-14(2)15(3)11-16/h9-11,17-19H,4-8,12-13H2,1-3H3. The monoisotopic (exact) mass is 291 g/mol. The molecule has 1 saturated carbocycles. The van der Waals surface area contributed by atoms with Crippen LogP contribution in [0.5, 0.6) is 0 Å². The van der Waals surface area contributed by atoms with Crippen molar-refractivity contribution in [2.45, 2.75) is 64.2 Å². The SMILES string of the molecule is CCNC(CSC1CCCC1)Cc1ccc(C)c(C)c1. The minimum atomic E-state index is 0.618. The highest BCUT2D eigenvalue weighted by molar-refractivity contribution is 7.99. The second kappa shape index (κ2) is 8.09. The Bertz CT molecular complexity index is 410. The number of nitrogens with one attached hydrogen (secondary N) is 1. The van der Waals surface area contributed by atoms with Crippen LogP contribution in [-0.4, -0.2) is 23.6 Å². The number of benzene rings is 1. The van der Waals surface area contributed by atoms with Crippen LogP contribution in [0.2, 0.25) is 0 Å². The van der Waals surface area contributed by atoms with Gasteiger partial charge in [-0.25, -0.2) is 0 Å². The van der Waals surface area contributed by atoms with E-state index >= 15 is 0 Å². The fourth-order valence-corrected chi connectivity index (χ4v) is 4.41. The zero-order valence-electron chi connectivity index (χ0n) is 13.2. The van der Waals surface area contributed by atoms with Crippen molar-refractivity contribution < 1.29 is 0 Å². The number of aryl methyl sites for hydroxylation is 2. The molecule has 1 fully saturated rings. The van der Waals surface area contributed by atoms with Crippen molar-refractivity contribution in [2.24, 2.45) is 0 Å². The molecule has 1 N–H and O–H groups in total. The average Bonchev–Trinajstić information content (AvgIpc) is 2.94. The van der Waals surface area contributed by atoms with E-state index in [1.165, 1.54) is 48.1 Å². The second-order valence-corrected chi connectivity index (χ2v) is 7.45. The highest BCUT2D eigenvalue weighted by Gasteiger charge is 2.17. The van der Waals surface area contributed by atoms with Crippen molar-refractivity contribution in [3.8, 4) is 0 Å². The summed E-state index contributed by atoms with van der Waals surface area (Å²) in [5.41, 5.74) is 4.29. The van der Waals surface area contributed by atoms with Crippen molar-refractivity contribution in [1.82, 2.24) is 5.32 Å². The Morgan fingerprint density at radius 2 is 1.95 bits per heavy atom. The van der Waals surface area contributed by atoms with Gasteiger partial charge in [-0.05, 0) is 56.3 Å². The summed E-state index contributed by atoms with van der Waals surface area (Å²) in [5.74, 6) is 1.26. The predicted molar refractivity (Wildman–Crippen MR) is 91.8 cm³/mol. The number of thioether (sulfide) groups is 1. The summed E-state index contributed by atoms with van der Waals surface area (Å²) < 4.78 is 0. The lowest BCUT2D eigenvalue weighted by molar-refractivity contribution is 0.571. The summed E-state index contributed by atoms with van der Waals surface area (Å²) in [7, 11) is 0. The quantitative estimate of drug-likeness (QED) is 0.794. The number of hydrogen-bond donors (Lipinski definition) is 1. The molecule has 0 aromatic heterocycles. The fraction of sp³-hybridized carbons (Fsp3) is 0.667. The molecular formula is C18H29NS. The third-order valence-electron chi connectivity index (χ3n) is 4.38. The minimum Gasteiger partial charge on any atom is -0.313 e. The van der Waals surface area contributed by atoms with Gasteiger partial charge in [-0.2, -0.15) is 11.8 Å². The number of likely N-dealkylation sites (N-methyl/N-ethyl adjacent to an activating group) is 1. The smallest absolute Gasteiger partial charge is 0.0198 e. The molecule has 0 aliphatic heterocycles. The molecule has 1 nitrogen and oxygen atoms in total. The molecule has 1 aromatic carbocycles. The van der Waals surface area contributed by atoms with Crippen molar-refractivity contribution in [3.63, 3.8) is 0 Å². The fourth-order valence-electron chi connectivity index (χ4n) is 3.00. The molecule has 0 amide bonds. The summed E-state index contributed by atoms with van der Waals surface area (Å²) in [6.07, 6.45) is 6.93. The van der Waals surface area contributed by atoms with Gasteiger partial charge in [0.15, 0.2) is 0 Å². The van der Waals surface area contributed by atoms with Gasteiger partial charge < -0.3 is 5.32 Å². The Labute approximate surface area is 128 Å². The van der Waals surface area contributed by atoms with E-state index in [2.05, 4.69) is 56.0 Å². The third-order valence-corrected chi connectivity index (χ3v) is 5.92. The van der Waals surface area contributed by atoms with Crippen LogP contribution < -0.4 is 5.32 Å². The van der Waals surface area contributed by atoms with Gasteiger partial charge in [-0.1, -0.05) is 38.0 Å². The molecule has 1 aliphatic carbocycles. The maximum absolute atomic E-state index is 3.67. The van der Waals surface area contributed by atoms with Crippen LogP contribution >= 0.6 is 11.8 Å². The van der Waals surface area contributed by atoms with E-state index in [4.69, 9.17) is 0 Å². The molecule has 112 valence electrons. The first-order chi connectivity index (χ1) is 9.69. The van der Waals surface area contributed by atoms with Gasteiger partial charge in [-0.3, -0.25) is 0 Å². The Hall–Kier alpha value is -0.470. The summed E-state index contributed by atoms with van der Waals surface area (Å²) in [6, 6.07) is 7.54. The topological polar surface area (TPSA) is 12.0 Å². The molecule has 1 unspecified atom stereocenters. The Morgan fingerprint density at radius 1 is 1.20 bits per heavy atom. The van der Waals surface area contributed by atoms with Gasteiger partial charge in [0.2, 0.25) is 0 Å². The van der Waals surface area contributed by atoms with Gasteiger partial charge in [0.05, 0.1) is 0 Å². The zero-order valence-corrected chi connectivity index (χ0v) is 14.1. The molecule has 1 atom stereocenters. The first-order valence-electron chi connectivity index (χ1n) is 8.10. The number of hydrogen-bond acceptors (Lipinski definition) is 2. The highest BCUT2D eigenvalue weighted by atomic mass is 32.2. The van der Waals surface area contributed by atoms with Crippen LogP contribution in [0, 0.1) is 13.8 Å². The van der Waals surface area contributed by atoms with Gasteiger partial charge in [0.1, 0.15) is 0 Å². The van der Waals surface area contributed by atoms with E-state index in [-0.39, 0.29) is 0 Å². The van der Waals surface area contributed by atoms with Crippen LogP contribution in [0.3, 0.4) is 0 Å². The molecule has 0 bridgehead atoms. The van der Waals surface area contributed by atoms with Crippen molar-refractivity contribution in [2.75, 3.05) is 12.3 Å². The maximum Gasteiger partial charge on any atom is 0.0198 e. The molecule has 1 aliphatic rings. The van der Waals surface area contributed by atoms with Crippen molar-refractivity contribution >= 4 is 11.8 Å². The lowest BCUT2D eigenvalue weighted by atomic mass is 10.0. The lowest BCUT2D eigenvalue weighted by Crippen LogP contribution is -2.33. The molecule has 0 saturated heterocycles. The predicted octanol–water partition coefficient (Wildman–Crippen LogP) is 4.50. The number of rotatable bonds is 7. The molecule has 2 rings (SSSR count). The average molecular weight is 292 g/mol. The molecular weight excluding hydrogens is 262 g/mol. The minimum absolute atomic E-state index is 0.618. The van der Waals surface area contributed by atoms with Crippen molar-refractivity contribution in [1.29, 1.82) is 0 Å². The zero-order chi connectivity index (χ0) is 14.4. The Balaban J connectivity index is 1.88. The maximum atomic E-state index is 3.67. The first kappa shape index (κ1) is 15.9. The summed E-state index contributed by atoms with van der Waals surface area (Å²) >= 11 is 2.20. The first-order valence-corrected chi connectivity index (χ1v) is 9.15. The Morgan fingerprint density at radius 3 is 2.60 bits per heavy atom. The van der Waals surface area contributed by atoms with Gasteiger partial charge in [0.25, 0.3) is 0 Å². The van der Waals surface area contributed by atoms with E-state index in [0.29, 0.717) is 6.04 Å². The van der Waals surface area contributed by atoms with E-state index in [0.717, 1.165) is 18.2 Å². The van der Waals surface area contributed by atoms with E-state index in [9.17, 15) is 0 Å². The van der Waals surface area contributed by atoms with Crippen LogP contribution in [0.1, 0.15) is 49.3 Å². The van der Waals surface area contributed by atoms with Crippen molar-refractivity contribution in [3.05, 3.63) is 34.9 Å². The third kappa shape index (κ3) is 4.82. The molecule has 0 radical (unpaired) electrons. The van der Waals surface area contributed by atoms with Crippen LogP contribution in [0.4, 0.5) is 0 Å². The van der Waals surface area contributed by atoms with Gasteiger partial charge in [0, 0.05) is 17.0 Å². The summed E-state index contributed by atoms with van der Waals surface area (Å²) in [6.45, 7) is 7.69. The normalized spacial score (nSPS) is 17.6. The molecule has 0 heterocycles. The van der Waals surface area contributed by atoms with Gasteiger partial charge in [-0.15, -0.1) is 0 Å². The highest BCUT2D eigenvalue weighted by Crippen LogP contribution is 2.30. The molecule has 1 aromatic rings. The molecule has 20 heavy (non-hydrogen) atoms. The Kier molecular flexibility index (Phi) is 6.44. The van der Waals surface area contributed by atoms with E-state index in [1.54, 1.807) is 0 Å². The largest absolute Gasteiger partial charge is 0.313 e. The summed E-state index contributed by atoms with van der Waals surface area (Å²) in [4.78, 5) is 0. The van der Waals surface area contributed by atoms with Crippen LogP contribution in [-0.2, 0) is 6.42 Å². The van der Waals surface area contributed by atoms with E-state index in [1.807, 2.05) is 0 Å². The summed E-state index contributed by atoms with van der Waals surface area (Å²) in [5, 5.41) is 4.60. The van der Waals surface area contributed by atoms with Crippen LogP contribution in [0.25, 0.3) is 0 Å². The van der Waals surface area contributed by atoms with Gasteiger partial charge >= 0.3 is 0 Å². The lowest BCUT2D eigenvalue weighted by Gasteiger charge is -2.20. The second-order valence-electron chi connectivity index (χ2n) is 6.12. The molecule has 2 heteroatoms. The van der Waals surface area contributed by atoms with E-state index < -0.39 is 0 Å².